The van der Waals surface area contributed by atoms with E-state index in [-0.39, 0.29) is 0 Å². The highest BCUT2D eigenvalue weighted by molar-refractivity contribution is 5.54. The monoisotopic (exact) mass is 262 g/mol. The molecular formula is C13H18N4O2. The first-order chi connectivity index (χ1) is 9.22. The third-order valence-corrected chi connectivity index (χ3v) is 2.59. The third kappa shape index (κ3) is 3.37. The zero-order valence-corrected chi connectivity index (χ0v) is 11.4. The summed E-state index contributed by atoms with van der Waals surface area (Å²) in [5.74, 6) is 1.46. The second-order valence-electron chi connectivity index (χ2n) is 4.04. The van der Waals surface area contributed by atoms with Crippen LogP contribution in [0.4, 0.5) is 5.69 Å². The van der Waals surface area contributed by atoms with Gasteiger partial charge in [0.15, 0.2) is 11.5 Å². The summed E-state index contributed by atoms with van der Waals surface area (Å²) in [5, 5.41) is 11.2. The Kier molecular flexibility index (Phi) is 4.22. The summed E-state index contributed by atoms with van der Waals surface area (Å²) < 4.78 is 12.4. The normalized spacial score (nSPS) is 10.3. The predicted molar refractivity (Wildman–Crippen MR) is 72.5 cm³/mol. The maximum Gasteiger partial charge on any atom is 0.163 e. The number of hydrogen-bond donors (Lipinski definition) is 1. The molecular weight excluding hydrogens is 244 g/mol. The van der Waals surface area contributed by atoms with E-state index in [9.17, 15) is 0 Å². The van der Waals surface area contributed by atoms with Crippen LogP contribution < -0.4 is 14.8 Å². The van der Waals surface area contributed by atoms with E-state index in [0.717, 1.165) is 22.9 Å². The van der Waals surface area contributed by atoms with Crippen molar-refractivity contribution in [3.05, 3.63) is 30.1 Å². The molecule has 0 aliphatic carbocycles. The minimum absolute atomic E-state index is 0.601. The first kappa shape index (κ1) is 13.2. The van der Waals surface area contributed by atoms with E-state index in [4.69, 9.17) is 9.47 Å². The Morgan fingerprint density at radius 2 is 2.16 bits per heavy atom. The molecule has 0 fully saturated rings. The number of rotatable bonds is 6. The van der Waals surface area contributed by atoms with Gasteiger partial charge >= 0.3 is 0 Å². The summed E-state index contributed by atoms with van der Waals surface area (Å²) in [7, 11) is 3.47. The Hall–Kier alpha value is -2.24. The second-order valence-corrected chi connectivity index (χ2v) is 4.04. The molecule has 1 aromatic carbocycles. The predicted octanol–water partition coefficient (Wildman–Crippen LogP) is 1.83. The Morgan fingerprint density at radius 1 is 1.32 bits per heavy atom. The van der Waals surface area contributed by atoms with Crippen LogP contribution in [0.25, 0.3) is 0 Å². The molecule has 6 nitrogen and oxygen atoms in total. The van der Waals surface area contributed by atoms with E-state index >= 15 is 0 Å². The highest BCUT2D eigenvalue weighted by Gasteiger charge is 2.05. The SMILES string of the molecule is CCOc1cc(NCc2cn(C)nn2)ccc1OC. The standard InChI is InChI=1S/C13H18N4O2/c1-4-19-13-7-10(5-6-12(13)18-3)14-8-11-9-17(2)16-15-11/h5-7,9,14H,4,8H2,1-3H3. The molecule has 1 heterocycles. The minimum atomic E-state index is 0.601. The molecule has 0 spiro atoms. The van der Waals surface area contributed by atoms with Crippen LogP contribution in [0.15, 0.2) is 24.4 Å². The summed E-state index contributed by atoms with van der Waals surface area (Å²) in [6, 6.07) is 5.74. The van der Waals surface area contributed by atoms with E-state index in [2.05, 4.69) is 15.6 Å². The van der Waals surface area contributed by atoms with Gasteiger partial charge in [0.1, 0.15) is 5.69 Å². The van der Waals surface area contributed by atoms with Gasteiger partial charge in [-0.1, -0.05) is 5.21 Å². The summed E-state index contributed by atoms with van der Waals surface area (Å²) in [5.41, 5.74) is 1.84. The van der Waals surface area contributed by atoms with Crippen molar-refractivity contribution in [2.75, 3.05) is 19.0 Å². The lowest BCUT2D eigenvalue weighted by Gasteiger charge is -2.11. The van der Waals surface area contributed by atoms with Crippen molar-refractivity contribution in [3.63, 3.8) is 0 Å². The number of ether oxygens (including phenoxy) is 2. The lowest BCUT2D eigenvalue weighted by atomic mass is 10.2. The quantitative estimate of drug-likeness (QED) is 0.860. The second kappa shape index (κ2) is 6.08. The van der Waals surface area contributed by atoms with Gasteiger partial charge in [0.25, 0.3) is 0 Å². The van der Waals surface area contributed by atoms with Crippen LogP contribution in [0.3, 0.4) is 0 Å². The zero-order valence-electron chi connectivity index (χ0n) is 11.4. The van der Waals surface area contributed by atoms with Crippen LogP contribution in [0.2, 0.25) is 0 Å². The molecule has 1 aromatic heterocycles. The van der Waals surface area contributed by atoms with Crippen molar-refractivity contribution in [2.45, 2.75) is 13.5 Å². The van der Waals surface area contributed by atoms with Gasteiger partial charge in [-0.15, -0.1) is 5.10 Å². The van der Waals surface area contributed by atoms with Gasteiger partial charge in [-0.2, -0.15) is 0 Å². The molecule has 0 bridgehead atoms. The number of aryl methyl sites for hydroxylation is 1. The van der Waals surface area contributed by atoms with Crippen molar-refractivity contribution >= 4 is 5.69 Å². The average molecular weight is 262 g/mol. The van der Waals surface area contributed by atoms with E-state index < -0.39 is 0 Å². The van der Waals surface area contributed by atoms with Crippen molar-refractivity contribution in [1.82, 2.24) is 15.0 Å². The molecule has 19 heavy (non-hydrogen) atoms. The molecule has 2 aromatic rings. The van der Waals surface area contributed by atoms with Crippen molar-refractivity contribution in [2.24, 2.45) is 7.05 Å². The summed E-state index contributed by atoms with van der Waals surface area (Å²) in [6.07, 6.45) is 1.87. The molecule has 2 rings (SSSR count). The third-order valence-electron chi connectivity index (χ3n) is 2.59. The number of nitrogens with zero attached hydrogens (tertiary/aromatic N) is 3. The molecule has 0 aliphatic rings. The van der Waals surface area contributed by atoms with Crippen molar-refractivity contribution < 1.29 is 9.47 Å². The molecule has 102 valence electrons. The maximum absolute atomic E-state index is 5.53. The van der Waals surface area contributed by atoms with Crippen LogP contribution in [0.5, 0.6) is 11.5 Å². The zero-order chi connectivity index (χ0) is 13.7. The number of aromatic nitrogens is 3. The van der Waals surface area contributed by atoms with E-state index in [1.807, 2.05) is 38.4 Å². The molecule has 0 atom stereocenters. The minimum Gasteiger partial charge on any atom is -0.493 e. The molecule has 1 N–H and O–H groups in total. The van der Waals surface area contributed by atoms with Crippen LogP contribution in [-0.2, 0) is 13.6 Å². The molecule has 0 unspecified atom stereocenters. The Balaban J connectivity index is 2.05. The van der Waals surface area contributed by atoms with Crippen LogP contribution in [0.1, 0.15) is 12.6 Å². The molecule has 0 radical (unpaired) electrons. The fourth-order valence-electron chi connectivity index (χ4n) is 1.72. The smallest absolute Gasteiger partial charge is 0.163 e. The van der Waals surface area contributed by atoms with Crippen LogP contribution in [-0.4, -0.2) is 28.7 Å². The number of nitrogens with one attached hydrogen (secondary N) is 1. The first-order valence-corrected chi connectivity index (χ1v) is 6.13. The molecule has 0 amide bonds. The Bertz CT molecular complexity index is 539. The number of anilines is 1. The van der Waals surface area contributed by atoms with Gasteiger partial charge in [0.2, 0.25) is 0 Å². The first-order valence-electron chi connectivity index (χ1n) is 6.13. The van der Waals surface area contributed by atoms with Crippen LogP contribution >= 0.6 is 0 Å². The molecule has 6 heteroatoms. The number of methoxy groups -OCH3 is 1. The molecule has 0 saturated carbocycles. The van der Waals surface area contributed by atoms with Gasteiger partial charge in [-0.05, 0) is 19.1 Å². The fourth-order valence-corrected chi connectivity index (χ4v) is 1.72. The van der Waals surface area contributed by atoms with Crippen molar-refractivity contribution in [3.8, 4) is 11.5 Å². The summed E-state index contributed by atoms with van der Waals surface area (Å²) >= 11 is 0. The summed E-state index contributed by atoms with van der Waals surface area (Å²) in [4.78, 5) is 0. The molecule has 0 saturated heterocycles. The van der Waals surface area contributed by atoms with Gasteiger partial charge in [-0.25, -0.2) is 0 Å². The van der Waals surface area contributed by atoms with Gasteiger partial charge in [0.05, 0.1) is 20.3 Å². The topological polar surface area (TPSA) is 61.2 Å². The van der Waals surface area contributed by atoms with E-state index in [1.54, 1.807) is 11.8 Å². The maximum atomic E-state index is 5.53. The van der Waals surface area contributed by atoms with E-state index in [0.29, 0.717) is 13.2 Å². The lowest BCUT2D eigenvalue weighted by molar-refractivity contribution is 0.311. The average Bonchev–Trinajstić information content (AvgIpc) is 2.83. The highest BCUT2D eigenvalue weighted by Crippen LogP contribution is 2.30. The lowest BCUT2D eigenvalue weighted by Crippen LogP contribution is -2.01. The largest absolute Gasteiger partial charge is 0.493 e. The number of benzene rings is 1. The van der Waals surface area contributed by atoms with Gasteiger partial charge in [-0.3, -0.25) is 4.68 Å². The van der Waals surface area contributed by atoms with E-state index in [1.165, 1.54) is 0 Å². The Morgan fingerprint density at radius 3 is 2.79 bits per heavy atom. The fraction of sp³-hybridized carbons (Fsp3) is 0.385. The van der Waals surface area contributed by atoms with Crippen LogP contribution in [0, 0.1) is 0 Å². The van der Waals surface area contributed by atoms with Gasteiger partial charge < -0.3 is 14.8 Å². The van der Waals surface area contributed by atoms with Gasteiger partial charge in [0, 0.05) is 25.0 Å². The van der Waals surface area contributed by atoms with Crippen molar-refractivity contribution in [1.29, 1.82) is 0 Å². The molecule has 0 aliphatic heterocycles. The highest BCUT2D eigenvalue weighted by atomic mass is 16.5. The Labute approximate surface area is 112 Å². The summed E-state index contributed by atoms with van der Waals surface area (Å²) in [6.45, 7) is 3.16. The number of hydrogen-bond acceptors (Lipinski definition) is 5.